The van der Waals surface area contributed by atoms with E-state index < -0.39 is 0 Å². The highest BCUT2D eigenvalue weighted by atomic mass is 16.6. The number of benzene rings is 1. The van der Waals surface area contributed by atoms with Gasteiger partial charge in [-0.15, -0.1) is 0 Å². The van der Waals surface area contributed by atoms with E-state index in [0.717, 1.165) is 44.5 Å². The predicted molar refractivity (Wildman–Crippen MR) is 154 cm³/mol. The number of ether oxygens (including phenoxy) is 1. The molecule has 39 heavy (non-hydrogen) atoms. The highest BCUT2D eigenvalue weighted by Gasteiger charge is 2.37. The Labute approximate surface area is 232 Å². The summed E-state index contributed by atoms with van der Waals surface area (Å²) in [6.45, 7) is 9.01. The van der Waals surface area contributed by atoms with Crippen molar-refractivity contribution < 1.29 is 14.3 Å². The van der Waals surface area contributed by atoms with Crippen LogP contribution in [0.2, 0.25) is 0 Å². The van der Waals surface area contributed by atoms with Crippen molar-refractivity contribution in [3.05, 3.63) is 59.8 Å². The van der Waals surface area contributed by atoms with Gasteiger partial charge in [0.2, 0.25) is 11.9 Å². The Bertz CT molecular complexity index is 1140. The molecule has 0 radical (unpaired) electrons. The molecule has 2 aliphatic heterocycles. The molecule has 2 fully saturated rings. The maximum absolute atomic E-state index is 12.4. The lowest BCUT2D eigenvalue weighted by atomic mass is 9.89. The summed E-state index contributed by atoms with van der Waals surface area (Å²) in [6.07, 6.45) is 8.03. The quantitative estimate of drug-likeness (QED) is 0.448. The van der Waals surface area contributed by atoms with Crippen molar-refractivity contribution >= 4 is 23.8 Å². The number of cyclic esters (lactones) is 1. The van der Waals surface area contributed by atoms with Gasteiger partial charge >= 0.3 is 6.09 Å². The zero-order valence-electron chi connectivity index (χ0n) is 23.8. The smallest absolute Gasteiger partial charge is 0.415 e. The number of likely N-dealkylation sites (N-methyl/N-ethyl adjacent to an activating group) is 1. The second-order valence-electron chi connectivity index (χ2n) is 11.2. The summed E-state index contributed by atoms with van der Waals surface area (Å²) in [5, 5.41) is 3.37. The van der Waals surface area contributed by atoms with E-state index >= 15 is 0 Å². The van der Waals surface area contributed by atoms with Crippen LogP contribution in [0.4, 0.5) is 16.6 Å². The molecule has 9 heteroatoms. The summed E-state index contributed by atoms with van der Waals surface area (Å²) in [5.41, 5.74) is 2.45. The highest BCUT2D eigenvalue weighted by Crippen LogP contribution is 2.27. The van der Waals surface area contributed by atoms with E-state index in [4.69, 9.17) is 4.74 Å². The molecule has 1 aromatic carbocycles. The van der Waals surface area contributed by atoms with Crippen LogP contribution in [0.5, 0.6) is 0 Å². The molecule has 0 bridgehead atoms. The van der Waals surface area contributed by atoms with E-state index in [1.165, 1.54) is 5.56 Å². The minimum atomic E-state index is -0.365. The van der Waals surface area contributed by atoms with E-state index in [2.05, 4.69) is 60.3 Å². The van der Waals surface area contributed by atoms with Crippen molar-refractivity contribution in [1.82, 2.24) is 19.8 Å². The van der Waals surface area contributed by atoms with E-state index in [-0.39, 0.29) is 30.0 Å². The molecule has 0 saturated carbocycles. The van der Waals surface area contributed by atoms with Gasteiger partial charge in [0.25, 0.3) is 0 Å². The molecule has 0 unspecified atom stereocenters. The second kappa shape index (κ2) is 13.1. The molecular formula is C30H42N6O3. The Balaban J connectivity index is 1.29. The number of piperidine rings is 1. The Morgan fingerprint density at radius 2 is 1.87 bits per heavy atom. The monoisotopic (exact) mass is 534 g/mol. The van der Waals surface area contributed by atoms with E-state index in [1.807, 2.05) is 30.0 Å². The maximum Gasteiger partial charge on any atom is 0.415 e. The topological polar surface area (TPSA) is 90.9 Å². The summed E-state index contributed by atoms with van der Waals surface area (Å²) < 4.78 is 5.27. The van der Waals surface area contributed by atoms with Crippen LogP contribution in [0, 0.1) is 11.8 Å². The first-order chi connectivity index (χ1) is 18.7. The number of carbonyl (C=O) groups is 2. The number of rotatable bonds is 10. The number of aromatic nitrogens is 2. The molecule has 2 amide bonds. The zero-order chi connectivity index (χ0) is 27.9. The maximum atomic E-state index is 12.4. The second-order valence-corrected chi connectivity index (χ2v) is 11.2. The Morgan fingerprint density at radius 3 is 2.54 bits per heavy atom. The summed E-state index contributed by atoms with van der Waals surface area (Å²) in [5.74, 6) is 1.99. The molecule has 4 rings (SSSR count). The highest BCUT2D eigenvalue weighted by molar-refractivity contribution is 5.89. The standard InChI is InChI=1S/C30H42N6O3/c1-21(2)26-20-39-30(38)36(26)27-12-15-31-29(33-27)32-22(3)25-10-8-23(9-11-25)19-24-13-17-35(18-14-24)28(37)7-6-16-34(4)5/h6-12,15,21-22,24,26H,13-14,16-20H2,1-5H3,(H,31,32,33)/b7-6+/t22-,26+/m0/s1. The minimum Gasteiger partial charge on any atom is -0.447 e. The van der Waals surface area contributed by atoms with Gasteiger partial charge in [-0.1, -0.05) is 44.2 Å². The van der Waals surface area contributed by atoms with Gasteiger partial charge in [0.15, 0.2) is 0 Å². The molecule has 3 heterocycles. The Kier molecular flexibility index (Phi) is 9.56. The number of amides is 2. The first kappa shape index (κ1) is 28.5. The Morgan fingerprint density at radius 1 is 1.15 bits per heavy atom. The number of anilines is 2. The lowest BCUT2D eigenvalue weighted by Gasteiger charge is -2.31. The van der Waals surface area contributed by atoms with Gasteiger partial charge in [-0.05, 0) is 69.3 Å². The lowest BCUT2D eigenvalue weighted by molar-refractivity contribution is -0.127. The van der Waals surface area contributed by atoms with Gasteiger partial charge in [0.05, 0.1) is 12.1 Å². The number of hydrogen-bond donors (Lipinski definition) is 1. The van der Waals surface area contributed by atoms with Crippen LogP contribution in [0.3, 0.4) is 0 Å². The minimum absolute atomic E-state index is 0.00414. The van der Waals surface area contributed by atoms with Crippen LogP contribution < -0.4 is 10.2 Å². The molecule has 0 aliphatic carbocycles. The predicted octanol–water partition coefficient (Wildman–Crippen LogP) is 4.53. The first-order valence-corrected chi connectivity index (χ1v) is 14.0. The van der Waals surface area contributed by atoms with Crippen molar-refractivity contribution in [2.45, 2.75) is 52.1 Å². The van der Waals surface area contributed by atoms with Gasteiger partial charge in [0, 0.05) is 31.9 Å². The third-order valence-electron chi connectivity index (χ3n) is 7.57. The molecule has 0 spiro atoms. The summed E-state index contributed by atoms with van der Waals surface area (Å²) >= 11 is 0. The molecule has 2 aromatic rings. The van der Waals surface area contributed by atoms with Crippen molar-refractivity contribution in [3.63, 3.8) is 0 Å². The van der Waals surface area contributed by atoms with Crippen LogP contribution in [0.25, 0.3) is 0 Å². The van der Waals surface area contributed by atoms with Crippen molar-refractivity contribution in [1.29, 1.82) is 0 Å². The van der Waals surface area contributed by atoms with Crippen LogP contribution in [0.1, 0.15) is 50.8 Å². The third kappa shape index (κ3) is 7.56. The summed E-state index contributed by atoms with van der Waals surface area (Å²) in [6, 6.07) is 10.4. The van der Waals surface area contributed by atoms with Gasteiger partial charge in [-0.2, -0.15) is 4.98 Å². The van der Waals surface area contributed by atoms with Crippen molar-refractivity contribution in [2.75, 3.05) is 50.6 Å². The molecule has 9 nitrogen and oxygen atoms in total. The summed E-state index contributed by atoms with van der Waals surface area (Å²) in [7, 11) is 3.99. The number of nitrogens with zero attached hydrogens (tertiary/aromatic N) is 5. The zero-order valence-corrected chi connectivity index (χ0v) is 23.8. The van der Waals surface area contributed by atoms with E-state index in [9.17, 15) is 9.59 Å². The lowest BCUT2D eigenvalue weighted by Crippen LogP contribution is -2.38. The molecular weight excluding hydrogens is 492 g/mol. The largest absolute Gasteiger partial charge is 0.447 e. The SMILES string of the molecule is CC(C)[C@H]1COC(=O)N1c1ccnc(N[C@@H](C)c2ccc(CC3CCN(C(=O)/C=C/CN(C)C)CC3)cc2)n1. The summed E-state index contributed by atoms with van der Waals surface area (Å²) in [4.78, 5) is 39.3. The Hall–Kier alpha value is -3.46. The number of carbonyl (C=O) groups excluding carboxylic acids is 2. The first-order valence-electron chi connectivity index (χ1n) is 14.0. The van der Waals surface area contributed by atoms with Crippen molar-refractivity contribution in [2.24, 2.45) is 11.8 Å². The van der Waals surface area contributed by atoms with Crippen LogP contribution in [-0.4, -0.2) is 78.1 Å². The third-order valence-corrected chi connectivity index (χ3v) is 7.57. The molecule has 210 valence electrons. The fraction of sp³-hybridized carbons (Fsp3) is 0.533. The number of hydrogen-bond acceptors (Lipinski definition) is 7. The molecule has 1 N–H and O–H groups in total. The van der Waals surface area contributed by atoms with Crippen LogP contribution >= 0.6 is 0 Å². The fourth-order valence-corrected chi connectivity index (χ4v) is 5.12. The van der Waals surface area contributed by atoms with Gasteiger partial charge in [-0.3, -0.25) is 9.69 Å². The number of likely N-dealkylation sites (tertiary alicyclic amines) is 1. The molecule has 2 aliphatic rings. The van der Waals surface area contributed by atoms with Crippen molar-refractivity contribution in [3.8, 4) is 0 Å². The normalized spacial score (nSPS) is 19.3. The van der Waals surface area contributed by atoms with E-state index in [1.54, 1.807) is 23.2 Å². The fourth-order valence-electron chi connectivity index (χ4n) is 5.12. The van der Waals surface area contributed by atoms with Gasteiger partial charge < -0.3 is 19.9 Å². The van der Waals surface area contributed by atoms with Gasteiger partial charge in [0.1, 0.15) is 12.4 Å². The van der Waals surface area contributed by atoms with Gasteiger partial charge in [-0.25, -0.2) is 9.78 Å². The molecule has 2 saturated heterocycles. The average molecular weight is 535 g/mol. The molecule has 1 aromatic heterocycles. The number of nitrogens with one attached hydrogen (secondary N) is 1. The van der Waals surface area contributed by atoms with Crippen LogP contribution in [0.15, 0.2) is 48.7 Å². The average Bonchev–Trinajstić information content (AvgIpc) is 3.31. The van der Waals surface area contributed by atoms with E-state index in [0.29, 0.717) is 24.3 Å². The molecule has 2 atom stereocenters. The van der Waals surface area contributed by atoms with Crippen LogP contribution in [-0.2, 0) is 16.0 Å².